The van der Waals surface area contributed by atoms with E-state index in [1.54, 1.807) is 24.4 Å². The van der Waals surface area contributed by atoms with Crippen LogP contribution in [-0.2, 0) is 5.44 Å². The van der Waals surface area contributed by atoms with Gasteiger partial charge in [-0.25, -0.2) is 9.07 Å². The third kappa shape index (κ3) is 4.27. The molecule has 4 aromatic rings. The van der Waals surface area contributed by atoms with Gasteiger partial charge in [0.15, 0.2) is 0 Å². The van der Waals surface area contributed by atoms with Crippen LogP contribution in [0.2, 0.25) is 5.02 Å². The lowest BCUT2D eigenvalue weighted by Gasteiger charge is -2.43. The quantitative estimate of drug-likeness (QED) is 0.272. The maximum Gasteiger partial charge on any atom is 0.123 e. The van der Waals surface area contributed by atoms with Crippen molar-refractivity contribution in [2.24, 2.45) is 0 Å². The molecule has 2 aromatic carbocycles. The SMILES string of the molecule is [B]C(Nc1cc(Cl)c2ncc(C#N)c(NC3(CC)CCC3)c2c1)(c1ccc(F)cc1)c1cn(C2CC2)nn1. The van der Waals surface area contributed by atoms with Gasteiger partial charge < -0.3 is 10.6 Å². The molecule has 0 aliphatic heterocycles. The average molecular weight is 526 g/mol. The van der Waals surface area contributed by atoms with E-state index in [0.29, 0.717) is 44.8 Å². The second kappa shape index (κ2) is 9.28. The number of halogens is 2. The second-order valence-corrected chi connectivity index (χ2v) is 10.8. The number of nitrogens with zero attached hydrogens (tertiary/aromatic N) is 5. The molecule has 2 heterocycles. The number of anilines is 2. The third-order valence-electron chi connectivity index (χ3n) is 7.90. The molecule has 0 saturated heterocycles. The fraction of sp³-hybridized carbons (Fsp3) is 0.357. The van der Waals surface area contributed by atoms with E-state index in [1.165, 1.54) is 12.1 Å². The molecule has 1 atom stereocenters. The standard InChI is InChI=1S/C28H26BClFN7/c1-2-27(10-3-11-27)35-25-17(14-32)15-33-26-22(25)12-20(13-23(26)30)34-28(29,18-4-6-19(31)7-5-18)24-16-38(37-36-24)21-8-9-21/h4-7,12-13,15-16,21,34H,2-3,8-11H2,1H3,(H,33,35). The van der Waals surface area contributed by atoms with Gasteiger partial charge >= 0.3 is 0 Å². The maximum atomic E-state index is 13.8. The molecule has 2 radical (unpaired) electrons. The van der Waals surface area contributed by atoms with Crippen LogP contribution in [0.15, 0.2) is 48.8 Å². The Morgan fingerprint density at radius 2 is 2.03 bits per heavy atom. The van der Waals surface area contributed by atoms with E-state index in [9.17, 15) is 9.65 Å². The smallest absolute Gasteiger partial charge is 0.123 e. The van der Waals surface area contributed by atoms with E-state index in [0.717, 1.165) is 43.9 Å². The largest absolute Gasteiger partial charge is 0.378 e. The molecule has 190 valence electrons. The molecular weight excluding hydrogens is 500 g/mol. The lowest BCUT2D eigenvalue weighted by atomic mass is 9.69. The minimum Gasteiger partial charge on any atom is -0.378 e. The summed E-state index contributed by atoms with van der Waals surface area (Å²) in [6.07, 6.45) is 9.67. The molecule has 2 aliphatic carbocycles. The second-order valence-electron chi connectivity index (χ2n) is 10.4. The zero-order valence-electron chi connectivity index (χ0n) is 21.0. The van der Waals surface area contributed by atoms with Gasteiger partial charge in [-0.2, -0.15) is 5.26 Å². The normalized spacial score (nSPS) is 17.8. The molecule has 1 unspecified atom stereocenters. The Morgan fingerprint density at radius 1 is 1.26 bits per heavy atom. The van der Waals surface area contributed by atoms with Gasteiger partial charge in [-0.05, 0) is 68.4 Å². The Balaban J connectivity index is 1.47. The van der Waals surface area contributed by atoms with Crippen LogP contribution in [0.3, 0.4) is 0 Å². The number of fused-ring (bicyclic) bond motifs is 1. The summed E-state index contributed by atoms with van der Waals surface area (Å²) in [7, 11) is 7.02. The molecular formula is C28H26BClFN7. The first-order valence-electron chi connectivity index (χ1n) is 12.9. The summed E-state index contributed by atoms with van der Waals surface area (Å²) >= 11 is 6.74. The predicted molar refractivity (Wildman–Crippen MR) is 147 cm³/mol. The van der Waals surface area contributed by atoms with Gasteiger partial charge in [0.2, 0.25) is 0 Å². The molecule has 2 fully saturated rings. The molecule has 6 rings (SSSR count). The van der Waals surface area contributed by atoms with Crippen molar-refractivity contribution in [3.63, 3.8) is 0 Å². The number of hydrogen-bond donors (Lipinski definition) is 2. The van der Waals surface area contributed by atoms with Gasteiger partial charge in [-0.1, -0.05) is 35.9 Å². The van der Waals surface area contributed by atoms with Crippen molar-refractivity contribution in [1.29, 1.82) is 5.26 Å². The molecule has 38 heavy (non-hydrogen) atoms. The van der Waals surface area contributed by atoms with E-state index in [4.69, 9.17) is 19.4 Å². The highest BCUT2D eigenvalue weighted by atomic mass is 35.5. The molecule has 2 N–H and O–H groups in total. The Labute approximate surface area is 226 Å². The van der Waals surface area contributed by atoms with Crippen LogP contribution < -0.4 is 10.6 Å². The molecule has 10 heteroatoms. The van der Waals surface area contributed by atoms with Crippen LogP contribution >= 0.6 is 11.6 Å². The van der Waals surface area contributed by atoms with E-state index in [1.807, 2.05) is 16.9 Å². The average Bonchev–Trinajstić information content (AvgIpc) is 3.62. The zero-order valence-corrected chi connectivity index (χ0v) is 21.8. The first-order chi connectivity index (χ1) is 18.3. The first kappa shape index (κ1) is 24.7. The Hall–Kier alpha value is -3.64. The number of hydrogen-bond acceptors (Lipinski definition) is 6. The molecule has 0 spiro atoms. The maximum absolute atomic E-state index is 13.8. The molecule has 2 aromatic heterocycles. The highest BCUT2D eigenvalue weighted by molar-refractivity contribution is 6.36. The van der Waals surface area contributed by atoms with Crippen molar-refractivity contribution in [1.82, 2.24) is 20.0 Å². The number of pyridine rings is 1. The van der Waals surface area contributed by atoms with Gasteiger partial charge in [0.1, 0.15) is 25.4 Å². The first-order valence-corrected chi connectivity index (χ1v) is 13.3. The highest BCUT2D eigenvalue weighted by Gasteiger charge is 2.37. The van der Waals surface area contributed by atoms with Crippen molar-refractivity contribution in [2.75, 3.05) is 10.6 Å². The predicted octanol–water partition coefficient (Wildman–Crippen LogP) is 6.05. The minimum atomic E-state index is -1.33. The zero-order chi connectivity index (χ0) is 26.5. The molecule has 7 nitrogen and oxygen atoms in total. The fourth-order valence-corrected chi connectivity index (χ4v) is 5.45. The van der Waals surface area contributed by atoms with Gasteiger partial charge in [0, 0.05) is 22.8 Å². The molecule has 0 amide bonds. The van der Waals surface area contributed by atoms with Gasteiger partial charge in [-0.15, -0.1) is 5.10 Å². The summed E-state index contributed by atoms with van der Waals surface area (Å²) in [5.74, 6) is -0.363. The van der Waals surface area contributed by atoms with Gasteiger partial charge in [0.25, 0.3) is 0 Å². The lowest BCUT2D eigenvalue weighted by Crippen LogP contribution is -2.44. The number of rotatable bonds is 8. The summed E-state index contributed by atoms with van der Waals surface area (Å²) in [5, 5.41) is 26.8. The van der Waals surface area contributed by atoms with E-state index in [-0.39, 0.29) is 11.4 Å². The Kier molecular flexibility index (Phi) is 6.03. The monoisotopic (exact) mass is 525 g/mol. The van der Waals surface area contributed by atoms with Crippen molar-refractivity contribution in [3.8, 4) is 6.07 Å². The number of aromatic nitrogens is 4. The van der Waals surface area contributed by atoms with E-state index >= 15 is 0 Å². The van der Waals surface area contributed by atoms with E-state index in [2.05, 4.69) is 38.9 Å². The topological polar surface area (TPSA) is 91.5 Å². The number of nitrogens with one attached hydrogen (secondary N) is 2. The Morgan fingerprint density at radius 3 is 2.66 bits per heavy atom. The van der Waals surface area contributed by atoms with Crippen LogP contribution in [0.25, 0.3) is 10.9 Å². The lowest BCUT2D eigenvalue weighted by molar-refractivity contribution is 0.270. The summed E-state index contributed by atoms with van der Waals surface area (Å²) in [4.78, 5) is 4.48. The summed E-state index contributed by atoms with van der Waals surface area (Å²) in [6, 6.07) is 12.2. The van der Waals surface area contributed by atoms with Gasteiger partial charge in [0.05, 0.1) is 39.5 Å². The van der Waals surface area contributed by atoms with E-state index < -0.39 is 5.44 Å². The van der Waals surface area contributed by atoms with Crippen molar-refractivity contribution in [2.45, 2.75) is 62.5 Å². The van der Waals surface area contributed by atoms with Crippen molar-refractivity contribution in [3.05, 3.63) is 76.5 Å². The fourth-order valence-electron chi connectivity index (χ4n) is 5.19. The van der Waals surface area contributed by atoms with Crippen molar-refractivity contribution >= 4 is 41.7 Å². The summed E-state index contributed by atoms with van der Waals surface area (Å²) in [6.45, 7) is 2.15. The van der Waals surface area contributed by atoms with Crippen LogP contribution in [0.1, 0.15) is 68.3 Å². The Bertz CT molecular complexity index is 1550. The van der Waals surface area contributed by atoms with Crippen LogP contribution in [0.4, 0.5) is 15.8 Å². The van der Waals surface area contributed by atoms with Crippen LogP contribution in [0.5, 0.6) is 0 Å². The van der Waals surface area contributed by atoms with Crippen LogP contribution in [-0.4, -0.2) is 33.4 Å². The summed E-state index contributed by atoms with van der Waals surface area (Å²) < 4.78 is 15.6. The minimum absolute atomic E-state index is 0.0527. The molecule has 2 saturated carbocycles. The van der Waals surface area contributed by atoms with Crippen LogP contribution in [0, 0.1) is 17.1 Å². The third-order valence-corrected chi connectivity index (χ3v) is 8.19. The van der Waals surface area contributed by atoms with Crippen molar-refractivity contribution < 1.29 is 4.39 Å². The highest BCUT2D eigenvalue weighted by Crippen LogP contribution is 2.43. The molecule has 2 aliphatic rings. The number of nitriles is 1. The summed E-state index contributed by atoms with van der Waals surface area (Å²) in [5.41, 5.74) is 2.09. The molecule has 0 bridgehead atoms. The number of benzene rings is 2. The van der Waals surface area contributed by atoms with Gasteiger partial charge in [-0.3, -0.25) is 4.98 Å².